The molecule has 0 amide bonds. The second-order valence-corrected chi connectivity index (χ2v) is 5.45. The number of aromatic amines is 1. The van der Waals surface area contributed by atoms with Gasteiger partial charge in [-0.25, -0.2) is 4.99 Å². The van der Waals surface area contributed by atoms with Gasteiger partial charge in [0.1, 0.15) is 5.82 Å². The van der Waals surface area contributed by atoms with E-state index in [1.165, 1.54) is 27.7 Å². The van der Waals surface area contributed by atoms with E-state index < -0.39 is 0 Å². The van der Waals surface area contributed by atoms with Gasteiger partial charge in [0, 0.05) is 28.1 Å². The molecule has 1 N–H and O–H groups in total. The van der Waals surface area contributed by atoms with E-state index in [-0.39, 0.29) is 0 Å². The van der Waals surface area contributed by atoms with Gasteiger partial charge in [0.25, 0.3) is 0 Å². The number of rotatable bonds is 1. The molecule has 2 heterocycles. The van der Waals surface area contributed by atoms with Gasteiger partial charge >= 0.3 is 0 Å². The van der Waals surface area contributed by atoms with Crippen molar-refractivity contribution in [1.82, 2.24) is 4.98 Å². The highest BCUT2D eigenvalue weighted by Crippen LogP contribution is 2.42. The Morgan fingerprint density at radius 2 is 1.75 bits per heavy atom. The molecule has 98 valence electrons. The van der Waals surface area contributed by atoms with Crippen molar-refractivity contribution in [3.63, 3.8) is 0 Å². The Bertz CT molecular complexity index is 797. The third kappa shape index (κ3) is 1.68. The number of aromatic nitrogens is 1. The first-order valence-electron chi connectivity index (χ1n) is 7.02. The normalized spacial score (nSPS) is 17.9. The Morgan fingerprint density at radius 3 is 2.60 bits per heavy atom. The second kappa shape index (κ2) is 4.34. The predicted molar refractivity (Wildman–Crippen MR) is 84.0 cm³/mol. The molecule has 0 spiro atoms. The van der Waals surface area contributed by atoms with Crippen LogP contribution in [-0.4, -0.2) is 10.7 Å². The fraction of sp³-hybridized carbons (Fsp3) is 0.167. The molecule has 2 heteroatoms. The SMILES string of the molecule is CC1=Nc2[nH]c3ccccc3c2C(c2ccccc2)C1. The average Bonchev–Trinajstić information content (AvgIpc) is 2.85. The minimum Gasteiger partial charge on any atom is -0.339 e. The van der Waals surface area contributed by atoms with Crippen LogP contribution < -0.4 is 0 Å². The highest BCUT2D eigenvalue weighted by atomic mass is 14.9. The summed E-state index contributed by atoms with van der Waals surface area (Å²) in [5.74, 6) is 1.43. The molecule has 0 saturated heterocycles. The summed E-state index contributed by atoms with van der Waals surface area (Å²) >= 11 is 0. The Kier molecular flexibility index (Phi) is 2.49. The fourth-order valence-corrected chi connectivity index (χ4v) is 3.19. The molecule has 1 aromatic heterocycles. The van der Waals surface area contributed by atoms with Crippen LogP contribution in [0.1, 0.15) is 30.4 Å². The summed E-state index contributed by atoms with van der Waals surface area (Å²) in [6, 6.07) is 19.2. The molecule has 0 fully saturated rings. The summed E-state index contributed by atoms with van der Waals surface area (Å²) in [5, 5.41) is 1.30. The average molecular weight is 260 g/mol. The van der Waals surface area contributed by atoms with Crippen molar-refractivity contribution in [3.05, 3.63) is 65.7 Å². The summed E-state index contributed by atoms with van der Waals surface area (Å²) in [4.78, 5) is 8.18. The van der Waals surface area contributed by atoms with E-state index >= 15 is 0 Å². The lowest BCUT2D eigenvalue weighted by Crippen LogP contribution is -2.10. The minimum atomic E-state index is 0.403. The van der Waals surface area contributed by atoms with E-state index in [2.05, 4.69) is 66.5 Å². The van der Waals surface area contributed by atoms with Crippen molar-refractivity contribution in [3.8, 4) is 0 Å². The van der Waals surface area contributed by atoms with Crippen molar-refractivity contribution in [2.24, 2.45) is 4.99 Å². The number of fused-ring (bicyclic) bond motifs is 3. The summed E-state index contributed by atoms with van der Waals surface area (Å²) in [7, 11) is 0. The van der Waals surface area contributed by atoms with E-state index in [0.717, 1.165) is 12.2 Å². The molecule has 1 aliphatic heterocycles. The molecule has 1 aliphatic rings. The van der Waals surface area contributed by atoms with Crippen LogP contribution in [0, 0.1) is 0 Å². The third-order valence-electron chi connectivity index (χ3n) is 4.08. The molecular formula is C18H16N2. The van der Waals surface area contributed by atoms with E-state index in [1.807, 2.05) is 0 Å². The lowest BCUT2D eigenvalue weighted by Gasteiger charge is -2.22. The van der Waals surface area contributed by atoms with Crippen molar-refractivity contribution < 1.29 is 0 Å². The molecule has 1 atom stereocenters. The number of benzene rings is 2. The highest BCUT2D eigenvalue weighted by Gasteiger charge is 2.26. The van der Waals surface area contributed by atoms with Gasteiger partial charge in [0.05, 0.1) is 0 Å². The standard InChI is InChI=1S/C18H16N2/c1-12-11-15(13-7-3-2-4-8-13)17-14-9-5-6-10-16(14)20-18(17)19-12/h2-10,15,20H,11H2,1H3. The second-order valence-electron chi connectivity index (χ2n) is 5.45. The van der Waals surface area contributed by atoms with Crippen LogP contribution in [0.5, 0.6) is 0 Å². The topological polar surface area (TPSA) is 28.1 Å². The van der Waals surface area contributed by atoms with Gasteiger partial charge in [-0.05, 0) is 25.0 Å². The molecule has 0 radical (unpaired) electrons. The Labute approximate surface area is 118 Å². The number of aliphatic imine (C=N–C) groups is 1. The number of nitrogens with zero attached hydrogens (tertiary/aromatic N) is 1. The predicted octanol–water partition coefficient (Wildman–Crippen LogP) is 4.80. The van der Waals surface area contributed by atoms with Gasteiger partial charge in [0.15, 0.2) is 0 Å². The van der Waals surface area contributed by atoms with Gasteiger partial charge in [-0.2, -0.15) is 0 Å². The molecule has 2 aromatic carbocycles. The van der Waals surface area contributed by atoms with Gasteiger partial charge < -0.3 is 4.98 Å². The largest absolute Gasteiger partial charge is 0.339 e. The van der Waals surface area contributed by atoms with E-state index in [1.54, 1.807) is 0 Å². The molecular weight excluding hydrogens is 244 g/mol. The van der Waals surface area contributed by atoms with Crippen LogP contribution in [0.2, 0.25) is 0 Å². The number of para-hydroxylation sites is 1. The van der Waals surface area contributed by atoms with Crippen molar-refractivity contribution in [1.29, 1.82) is 0 Å². The smallest absolute Gasteiger partial charge is 0.134 e. The number of nitrogens with one attached hydrogen (secondary N) is 1. The van der Waals surface area contributed by atoms with Crippen LogP contribution in [0.3, 0.4) is 0 Å². The number of H-pyrrole nitrogens is 1. The molecule has 1 unspecified atom stereocenters. The van der Waals surface area contributed by atoms with Gasteiger partial charge in [0.2, 0.25) is 0 Å². The monoisotopic (exact) mass is 260 g/mol. The zero-order valence-corrected chi connectivity index (χ0v) is 11.4. The molecule has 20 heavy (non-hydrogen) atoms. The maximum absolute atomic E-state index is 4.72. The van der Waals surface area contributed by atoms with Crippen LogP contribution in [-0.2, 0) is 0 Å². The fourth-order valence-electron chi connectivity index (χ4n) is 3.19. The van der Waals surface area contributed by atoms with Gasteiger partial charge in [-0.3, -0.25) is 0 Å². The lowest BCUT2D eigenvalue weighted by molar-refractivity contribution is 0.843. The zero-order chi connectivity index (χ0) is 13.5. The Balaban J connectivity index is 1.99. The van der Waals surface area contributed by atoms with Crippen LogP contribution >= 0.6 is 0 Å². The van der Waals surface area contributed by atoms with Crippen LogP contribution in [0.25, 0.3) is 10.9 Å². The maximum Gasteiger partial charge on any atom is 0.134 e. The third-order valence-corrected chi connectivity index (χ3v) is 4.08. The Morgan fingerprint density at radius 1 is 1.00 bits per heavy atom. The first-order valence-corrected chi connectivity index (χ1v) is 7.02. The first-order chi connectivity index (χ1) is 9.83. The van der Waals surface area contributed by atoms with Crippen molar-refractivity contribution in [2.75, 3.05) is 0 Å². The molecule has 3 aromatic rings. The maximum atomic E-state index is 4.72. The number of hydrogen-bond donors (Lipinski definition) is 1. The molecule has 0 bridgehead atoms. The lowest BCUT2D eigenvalue weighted by atomic mass is 9.85. The highest BCUT2D eigenvalue weighted by molar-refractivity contribution is 5.96. The molecule has 4 rings (SSSR count). The van der Waals surface area contributed by atoms with Gasteiger partial charge in [-0.1, -0.05) is 48.5 Å². The zero-order valence-electron chi connectivity index (χ0n) is 11.4. The molecule has 0 aliphatic carbocycles. The first kappa shape index (κ1) is 11.5. The van der Waals surface area contributed by atoms with E-state index in [4.69, 9.17) is 4.99 Å². The van der Waals surface area contributed by atoms with E-state index in [9.17, 15) is 0 Å². The van der Waals surface area contributed by atoms with Crippen LogP contribution in [0.15, 0.2) is 59.6 Å². The molecule has 0 saturated carbocycles. The molecule has 2 nitrogen and oxygen atoms in total. The minimum absolute atomic E-state index is 0.403. The summed E-state index contributed by atoms with van der Waals surface area (Å²) in [6.07, 6.45) is 0.999. The number of hydrogen-bond acceptors (Lipinski definition) is 1. The quantitative estimate of drug-likeness (QED) is 0.651. The van der Waals surface area contributed by atoms with Crippen LogP contribution in [0.4, 0.5) is 5.82 Å². The summed E-state index contributed by atoms with van der Waals surface area (Å²) < 4.78 is 0. The van der Waals surface area contributed by atoms with Crippen molar-refractivity contribution >= 4 is 22.4 Å². The van der Waals surface area contributed by atoms with Gasteiger partial charge in [-0.15, -0.1) is 0 Å². The van der Waals surface area contributed by atoms with E-state index in [0.29, 0.717) is 5.92 Å². The Hall–Kier alpha value is -2.35. The summed E-state index contributed by atoms with van der Waals surface area (Å²) in [5.41, 5.74) is 5.08. The van der Waals surface area contributed by atoms with Crippen molar-refractivity contribution in [2.45, 2.75) is 19.3 Å². The summed E-state index contributed by atoms with van der Waals surface area (Å²) in [6.45, 7) is 2.12.